The number of thiol groups is 1. The van der Waals surface area contributed by atoms with E-state index < -0.39 is 0 Å². The molecule has 1 rings (SSSR count). The van der Waals surface area contributed by atoms with E-state index in [0.29, 0.717) is 10.8 Å². The molecule has 0 aliphatic carbocycles. The molecule has 0 radical (unpaired) electrons. The van der Waals surface area contributed by atoms with Crippen LogP contribution in [0.15, 0.2) is 24.3 Å². The zero-order valence-electron chi connectivity index (χ0n) is 6.12. The highest BCUT2D eigenvalue weighted by atomic mass is 35.5. The molecule has 0 N–H and O–H groups in total. The van der Waals surface area contributed by atoms with E-state index in [1.54, 1.807) is 6.07 Å². The van der Waals surface area contributed by atoms with E-state index >= 15 is 0 Å². The van der Waals surface area contributed by atoms with Gasteiger partial charge in [-0.25, -0.2) is 0 Å². The second kappa shape index (κ2) is 3.88. The summed E-state index contributed by atoms with van der Waals surface area (Å²) >= 11 is 9.89. The van der Waals surface area contributed by atoms with E-state index in [4.69, 9.17) is 16.3 Å². The molecule has 0 aliphatic heterocycles. The lowest BCUT2D eigenvalue weighted by molar-refractivity contribution is 0.310. The number of halogens is 1. The first kappa shape index (κ1) is 8.75. The van der Waals surface area contributed by atoms with Crippen LogP contribution in [-0.4, -0.2) is 5.44 Å². The number of hydrogen-bond donors (Lipinski definition) is 1. The second-order valence-corrected chi connectivity index (χ2v) is 3.28. The molecule has 1 aromatic carbocycles. The van der Waals surface area contributed by atoms with Gasteiger partial charge in [0.15, 0.2) is 0 Å². The maximum Gasteiger partial charge on any atom is 0.139 e. The molecule has 0 aliphatic rings. The molecule has 0 heterocycles. The van der Waals surface area contributed by atoms with Crippen molar-refractivity contribution in [3.63, 3.8) is 0 Å². The fourth-order valence-corrected chi connectivity index (χ4v) is 1.02. The number of hydrogen-bond acceptors (Lipinski definition) is 2. The normalized spacial score (nSPS) is 12.6. The molecular weight excluding hydrogens is 180 g/mol. The highest BCUT2D eigenvalue weighted by Gasteiger charge is 2.00. The topological polar surface area (TPSA) is 9.23 Å². The Labute approximate surface area is 76.7 Å². The Kier molecular flexibility index (Phi) is 3.09. The Morgan fingerprint density at radius 2 is 2.09 bits per heavy atom. The summed E-state index contributed by atoms with van der Waals surface area (Å²) in [4.78, 5) is 0. The molecule has 0 amide bonds. The summed E-state index contributed by atoms with van der Waals surface area (Å²) < 4.78 is 5.28. The van der Waals surface area contributed by atoms with Gasteiger partial charge in [0.05, 0.1) is 5.02 Å². The first-order chi connectivity index (χ1) is 5.20. The van der Waals surface area contributed by atoms with Gasteiger partial charge in [0.2, 0.25) is 0 Å². The van der Waals surface area contributed by atoms with Gasteiger partial charge in [-0.1, -0.05) is 23.7 Å². The van der Waals surface area contributed by atoms with Crippen LogP contribution < -0.4 is 4.74 Å². The first-order valence-corrected chi connectivity index (χ1v) is 4.19. The van der Waals surface area contributed by atoms with Crippen molar-refractivity contribution < 1.29 is 4.74 Å². The molecule has 0 fully saturated rings. The minimum absolute atomic E-state index is 0.130. The number of rotatable bonds is 2. The maximum atomic E-state index is 5.81. The van der Waals surface area contributed by atoms with Gasteiger partial charge >= 0.3 is 0 Å². The minimum Gasteiger partial charge on any atom is -0.479 e. The zero-order valence-corrected chi connectivity index (χ0v) is 7.77. The largest absolute Gasteiger partial charge is 0.479 e. The molecular formula is C8H9ClOS. The van der Waals surface area contributed by atoms with Gasteiger partial charge in [-0.15, -0.1) is 12.6 Å². The monoisotopic (exact) mass is 188 g/mol. The summed E-state index contributed by atoms with van der Waals surface area (Å²) in [6.45, 7) is 1.84. The van der Waals surface area contributed by atoms with Crippen molar-refractivity contribution in [2.75, 3.05) is 0 Å². The predicted molar refractivity (Wildman–Crippen MR) is 50.5 cm³/mol. The van der Waals surface area contributed by atoms with E-state index in [2.05, 4.69) is 12.6 Å². The van der Waals surface area contributed by atoms with E-state index in [9.17, 15) is 0 Å². The van der Waals surface area contributed by atoms with Crippen LogP contribution in [0.3, 0.4) is 0 Å². The number of benzene rings is 1. The van der Waals surface area contributed by atoms with Crippen molar-refractivity contribution in [3.8, 4) is 5.75 Å². The van der Waals surface area contributed by atoms with Crippen molar-refractivity contribution in [2.24, 2.45) is 0 Å². The number of para-hydroxylation sites is 1. The lowest BCUT2D eigenvalue weighted by Crippen LogP contribution is -2.02. The molecule has 0 spiro atoms. The third kappa shape index (κ3) is 2.64. The third-order valence-corrected chi connectivity index (χ3v) is 1.55. The van der Waals surface area contributed by atoms with Crippen LogP contribution in [0.4, 0.5) is 0 Å². The highest BCUT2D eigenvalue weighted by Crippen LogP contribution is 2.24. The average molecular weight is 189 g/mol. The van der Waals surface area contributed by atoms with Crippen molar-refractivity contribution in [3.05, 3.63) is 29.3 Å². The van der Waals surface area contributed by atoms with Gasteiger partial charge < -0.3 is 4.74 Å². The quantitative estimate of drug-likeness (QED) is 0.555. The predicted octanol–water partition coefficient (Wildman–Crippen LogP) is 2.99. The van der Waals surface area contributed by atoms with Crippen LogP contribution in [0, 0.1) is 0 Å². The molecule has 0 saturated carbocycles. The van der Waals surface area contributed by atoms with Gasteiger partial charge in [-0.3, -0.25) is 0 Å². The van der Waals surface area contributed by atoms with Crippen molar-refractivity contribution in [1.29, 1.82) is 0 Å². The zero-order chi connectivity index (χ0) is 8.27. The molecule has 0 aromatic heterocycles. The van der Waals surface area contributed by atoms with E-state index in [1.165, 1.54) is 0 Å². The molecule has 1 aromatic rings. The summed E-state index contributed by atoms with van der Waals surface area (Å²) in [5.74, 6) is 0.677. The van der Waals surface area contributed by atoms with Crippen molar-refractivity contribution in [1.82, 2.24) is 0 Å². The molecule has 60 valence electrons. The van der Waals surface area contributed by atoms with Crippen molar-refractivity contribution in [2.45, 2.75) is 12.4 Å². The van der Waals surface area contributed by atoms with Gasteiger partial charge in [0.1, 0.15) is 11.2 Å². The van der Waals surface area contributed by atoms with Crippen LogP contribution in [0.5, 0.6) is 5.75 Å². The maximum absolute atomic E-state index is 5.81. The molecule has 11 heavy (non-hydrogen) atoms. The second-order valence-electron chi connectivity index (χ2n) is 2.15. The Morgan fingerprint density at radius 3 is 2.64 bits per heavy atom. The van der Waals surface area contributed by atoms with Gasteiger partial charge in [0.25, 0.3) is 0 Å². The van der Waals surface area contributed by atoms with Crippen LogP contribution in [0.25, 0.3) is 0 Å². The van der Waals surface area contributed by atoms with E-state index in [1.807, 2.05) is 25.1 Å². The SMILES string of the molecule is CC(S)Oc1ccccc1Cl. The lowest BCUT2D eigenvalue weighted by Gasteiger charge is -2.09. The Bertz CT molecular complexity index is 237. The fourth-order valence-electron chi connectivity index (χ4n) is 0.724. The molecule has 0 bridgehead atoms. The third-order valence-electron chi connectivity index (χ3n) is 1.13. The fraction of sp³-hybridized carbons (Fsp3) is 0.250. The van der Waals surface area contributed by atoms with Gasteiger partial charge in [-0.2, -0.15) is 0 Å². The summed E-state index contributed by atoms with van der Waals surface area (Å²) in [5, 5.41) is 0.619. The van der Waals surface area contributed by atoms with Gasteiger partial charge in [0, 0.05) is 0 Å². The Balaban J connectivity index is 2.78. The molecule has 1 unspecified atom stereocenters. The summed E-state index contributed by atoms with van der Waals surface area (Å²) in [6.07, 6.45) is 0. The van der Waals surface area contributed by atoms with Crippen LogP contribution in [-0.2, 0) is 0 Å². The van der Waals surface area contributed by atoms with Crippen molar-refractivity contribution >= 4 is 24.2 Å². The summed E-state index contributed by atoms with van der Waals surface area (Å²) in [5.41, 5.74) is -0.130. The van der Waals surface area contributed by atoms with E-state index in [-0.39, 0.29) is 5.44 Å². The van der Waals surface area contributed by atoms with Crippen LogP contribution >= 0.6 is 24.2 Å². The summed E-state index contributed by atoms with van der Waals surface area (Å²) in [6, 6.07) is 7.33. The molecule has 1 nitrogen and oxygen atoms in total. The smallest absolute Gasteiger partial charge is 0.139 e. The Hall–Kier alpha value is -0.340. The van der Waals surface area contributed by atoms with E-state index in [0.717, 1.165) is 0 Å². The molecule has 1 atom stereocenters. The molecule has 0 saturated heterocycles. The Morgan fingerprint density at radius 1 is 1.45 bits per heavy atom. The summed E-state index contributed by atoms with van der Waals surface area (Å²) in [7, 11) is 0. The minimum atomic E-state index is -0.130. The lowest BCUT2D eigenvalue weighted by atomic mass is 10.3. The molecule has 3 heteroatoms. The van der Waals surface area contributed by atoms with Crippen LogP contribution in [0.1, 0.15) is 6.92 Å². The average Bonchev–Trinajstić information content (AvgIpc) is 1.93. The standard InChI is InChI=1S/C8H9ClOS/c1-6(11)10-8-5-3-2-4-7(8)9/h2-6,11H,1H3. The number of ether oxygens (including phenoxy) is 1. The highest BCUT2D eigenvalue weighted by molar-refractivity contribution is 7.80. The van der Waals surface area contributed by atoms with Gasteiger partial charge in [-0.05, 0) is 19.1 Å². The van der Waals surface area contributed by atoms with Crippen LogP contribution in [0.2, 0.25) is 5.02 Å². The first-order valence-electron chi connectivity index (χ1n) is 3.29.